The summed E-state index contributed by atoms with van der Waals surface area (Å²) in [7, 11) is 0. The number of halogens is 4. The first-order chi connectivity index (χ1) is 8.24. The van der Waals surface area contributed by atoms with Crippen LogP contribution in [0.25, 0.3) is 0 Å². The van der Waals surface area contributed by atoms with Gasteiger partial charge in [-0.1, -0.05) is 17.7 Å². The van der Waals surface area contributed by atoms with Crippen molar-refractivity contribution >= 4 is 17.3 Å². The van der Waals surface area contributed by atoms with Crippen LogP contribution in [0.3, 0.4) is 0 Å². The highest BCUT2D eigenvalue weighted by molar-refractivity contribution is 6.33. The van der Waals surface area contributed by atoms with Gasteiger partial charge in [0, 0.05) is 6.04 Å². The van der Waals surface area contributed by atoms with Crippen LogP contribution in [0.5, 0.6) is 0 Å². The molecular weight excluding hydrogens is 267 g/mol. The number of benzene rings is 1. The van der Waals surface area contributed by atoms with E-state index in [0.29, 0.717) is 11.3 Å². The highest BCUT2D eigenvalue weighted by atomic mass is 35.5. The fourth-order valence-electron chi connectivity index (χ4n) is 1.62. The zero-order chi connectivity index (χ0) is 13.9. The van der Waals surface area contributed by atoms with Crippen LogP contribution in [0, 0.1) is 0 Å². The molecule has 0 aliphatic rings. The van der Waals surface area contributed by atoms with Crippen LogP contribution in [0.2, 0.25) is 5.02 Å². The van der Waals surface area contributed by atoms with Crippen LogP contribution >= 0.6 is 11.6 Å². The lowest BCUT2D eigenvalue weighted by atomic mass is 10.1. The molecule has 6 heteroatoms. The molecule has 0 radical (unpaired) electrons. The molecule has 102 valence electrons. The molecule has 0 fully saturated rings. The van der Waals surface area contributed by atoms with Gasteiger partial charge >= 0.3 is 6.18 Å². The number of aliphatic hydroxyl groups is 1. The van der Waals surface area contributed by atoms with E-state index in [1.54, 1.807) is 19.9 Å². The molecular formula is C12H15ClF3NO. The monoisotopic (exact) mass is 281 g/mol. The van der Waals surface area contributed by atoms with Gasteiger partial charge in [0.15, 0.2) is 0 Å². The summed E-state index contributed by atoms with van der Waals surface area (Å²) < 4.78 is 37.5. The maximum absolute atomic E-state index is 12.5. The topological polar surface area (TPSA) is 23.5 Å². The molecule has 0 atom stereocenters. The predicted octanol–water partition coefficient (Wildman–Crippen LogP) is 3.61. The van der Waals surface area contributed by atoms with Crippen molar-refractivity contribution in [3.05, 3.63) is 28.8 Å². The van der Waals surface area contributed by atoms with E-state index in [9.17, 15) is 13.2 Å². The Labute approximate surface area is 109 Å². The minimum Gasteiger partial charge on any atom is -0.392 e. The number of rotatable bonds is 4. The van der Waals surface area contributed by atoms with Crippen molar-refractivity contribution < 1.29 is 18.3 Å². The first kappa shape index (κ1) is 15.1. The van der Waals surface area contributed by atoms with Gasteiger partial charge in [-0.3, -0.25) is 0 Å². The fraction of sp³-hybridized carbons (Fsp3) is 0.500. The molecule has 2 nitrogen and oxygen atoms in total. The van der Waals surface area contributed by atoms with E-state index in [0.717, 1.165) is 0 Å². The van der Waals surface area contributed by atoms with Gasteiger partial charge < -0.3 is 10.0 Å². The van der Waals surface area contributed by atoms with E-state index in [4.69, 9.17) is 16.7 Å². The summed E-state index contributed by atoms with van der Waals surface area (Å²) in [5, 5.41) is 9.14. The molecule has 0 saturated carbocycles. The second-order valence-electron chi connectivity index (χ2n) is 4.28. The molecule has 0 unspecified atom stereocenters. The molecule has 0 spiro atoms. The molecule has 0 bridgehead atoms. The summed E-state index contributed by atoms with van der Waals surface area (Å²) in [6, 6.07) is 4.21. The Kier molecular flexibility index (Phi) is 4.87. The number of nitrogens with zero attached hydrogens (tertiary/aromatic N) is 1. The van der Waals surface area contributed by atoms with Gasteiger partial charge in [0.2, 0.25) is 0 Å². The second kappa shape index (κ2) is 5.80. The van der Waals surface area contributed by atoms with Gasteiger partial charge in [-0.25, -0.2) is 0 Å². The minimum atomic E-state index is -4.29. The highest BCUT2D eigenvalue weighted by Gasteiger charge is 2.32. The zero-order valence-corrected chi connectivity index (χ0v) is 10.9. The standard InChI is InChI=1S/C12H15ClF3NO/c1-8(2)17(7-12(14,15)16)11-4-3-9(6-18)5-10(11)13/h3-5,8,18H,6-7H2,1-2H3. The van der Waals surface area contributed by atoms with Crippen LogP contribution in [0.15, 0.2) is 18.2 Å². The van der Waals surface area contributed by atoms with Crippen molar-refractivity contribution in [2.24, 2.45) is 0 Å². The largest absolute Gasteiger partial charge is 0.405 e. The highest BCUT2D eigenvalue weighted by Crippen LogP contribution is 2.31. The molecule has 0 amide bonds. The maximum Gasteiger partial charge on any atom is 0.405 e. The molecule has 1 rings (SSSR count). The smallest absolute Gasteiger partial charge is 0.392 e. The third-order valence-electron chi connectivity index (χ3n) is 2.48. The molecule has 0 aromatic heterocycles. The number of anilines is 1. The van der Waals surface area contributed by atoms with Crippen molar-refractivity contribution in [3.8, 4) is 0 Å². The van der Waals surface area contributed by atoms with Gasteiger partial charge in [-0.15, -0.1) is 0 Å². The van der Waals surface area contributed by atoms with E-state index < -0.39 is 12.7 Å². The first-order valence-corrected chi connectivity index (χ1v) is 5.85. The van der Waals surface area contributed by atoms with E-state index >= 15 is 0 Å². The number of hydrogen-bond donors (Lipinski definition) is 1. The normalized spacial score (nSPS) is 12.0. The Bertz CT molecular complexity index is 407. The van der Waals surface area contributed by atoms with Crippen LogP contribution < -0.4 is 4.90 Å². The van der Waals surface area contributed by atoms with Gasteiger partial charge in [0.25, 0.3) is 0 Å². The Balaban J connectivity index is 3.06. The van der Waals surface area contributed by atoms with Crippen molar-refractivity contribution in [1.29, 1.82) is 0 Å². The summed E-state index contributed by atoms with van der Waals surface area (Å²) in [5.74, 6) is 0. The molecule has 0 aliphatic carbocycles. The summed E-state index contributed by atoms with van der Waals surface area (Å²) in [4.78, 5) is 1.18. The lowest BCUT2D eigenvalue weighted by Crippen LogP contribution is -2.39. The summed E-state index contributed by atoms with van der Waals surface area (Å²) in [6.45, 7) is 2.09. The molecule has 0 saturated heterocycles. The van der Waals surface area contributed by atoms with Crippen molar-refractivity contribution in [1.82, 2.24) is 0 Å². The van der Waals surface area contributed by atoms with Gasteiger partial charge in [0.1, 0.15) is 6.54 Å². The number of alkyl halides is 3. The average Bonchev–Trinajstić information content (AvgIpc) is 2.24. The van der Waals surface area contributed by atoms with Gasteiger partial charge in [0.05, 0.1) is 17.3 Å². The Morgan fingerprint density at radius 1 is 1.33 bits per heavy atom. The molecule has 0 aliphatic heterocycles. The Morgan fingerprint density at radius 3 is 2.33 bits per heavy atom. The second-order valence-corrected chi connectivity index (χ2v) is 4.69. The summed E-state index contributed by atoms with van der Waals surface area (Å²) >= 11 is 5.96. The summed E-state index contributed by atoms with van der Waals surface area (Å²) in [6.07, 6.45) is -4.29. The molecule has 18 heavy (non-hydrogen) atoms. The third-order valence-corrected chi connectivity index (χ3v) is 2.78. The van der Waals surface area contributed by atoms with Crippen LogP contribution in [-0.2, 0) is 6.61 Å². The minimum absolute atomic E-state index is 0.194. The molecule has 1 aromatic rings. The van der Waals surface area contributed by atoms with E-state index in [1.807, 2.05) is 0 Å². The van der Waals surface area contributed by atoms with Crippen LogP contribution in [-0.4, -0.2) is 23.9 Å². The molecule has 1 N–H and O–H groups in total. The predicted molar refractivity (Wildman–Crippen MR) is 65.9 cm³/mol. The maximum atomic E-state index is 12.5. The first-order valence-electron chi connectivity index (χ1n) is 5.47. The fourth-order valence-corrected chi connectivity index (χ4v) is 1.93. The van der Waals surface area contributed by atoms with Crippen molar-refractivity contribution in [2.45, 2.75) is 32.7 Å². The van der Waals surface area contributed by atoms with E-state index in [2.05, 4.69) is 0 Å². The van der Waals surface area contributed by atoms with E-state index in [1.165, 1.54) is 17.0 Å². The lowest BCUT2D eigenvalue weighted by Gasteiger charge is -2.30. The Hall–Kier alpha value is -0.940. The van der Waals surface area contributed by atoms with Crippen molar-refractivity contribution in [3.63, 3.8) is 0 Å². The SMILES string of the molecule is CC(C)N(CC(F)(F)F)c1ccc(CO)cc1Cl. The molecule has 1 aromatic carbocycles. The zero-order valence-electron chi connectivity index (χ0n) is 10.1. The number of aliphatic hydroxyl groups excluding tert-OH is 1. The third kappa shape index (κ3) is 4.07. The van der Waals surface area contributed by atoms with Gasteiger partial charge in [-0.2, -0.15) is 13.2 Å². The van der Waals surface area contributed by atoms with E-state index in [-0.39, 0.29) is 17.7 Å². The van der Waals surface area contributed by atoms with Crippen LogP contribution in [0.1, 0.15) is 19.4 Å². The quantitative estimate of drug-likeness (QED) is 0.911. The van der Waals surface area contributed by atoms with Crippen molar-refractivity contribution in [2.75, 3.05) is 11.4 Å². The average molecular weight is 282 g/mol. The van der Waals surface area contributed by atoms with Crippen LogP contribution in [0.4, 0.5) is 18.9 Å². The lowest BCUT2D eigenvalue weighted by molar-refractivity contribution is -0.120. The Morgan fingerprint density at radius 2 is 1.94 bits per heavy atom. The number of hydrogen-bond acceptors (Lipinski definition) is 2. The molecule has 0 heterocycles. The van der Waals surface area contributed by atoms with Gasteiger partial charge in [-0.05, 0) is 31.5 Å². The summed E-state index contributed by atoms with van der Waals surface area (Å²) in [5.41, 5.74) is 0.889.